The van der Waals surface area contributed by atoms with Crippen LogP contribution in [0.15, 0.2) is 0 Å². The molecular formula is C9H15N5O2. The lowest BCUT2D eigenvalue weighted by Crippen LogP contribution is -2.34. The predicted molar refractivity (Wildman–Crippen MR) is 54.2 cm³/mol. The number of H-pyrrole nitrogens is 1. The Morgan fingerprint density at radius 1 is 1.69 bits per heavy atom. The molecule has 0 radical (unpaired) electrons. The molecule has 7 nitrogen and oxygen atoms in total. The van der Waals surface area contributed by atoms with Gasteiger partial charge in [0.2, 0.25) is 5.91 Å². The van der Waals surface area contributed by atoms with Crippen molar-refractivity contribution in [1.29, 1.82) is 0 Å². The Morgan fingerprint density at radius 2 is 2.56 bits per heavy atom. The minimum atomic E-state index is -0.0445. The smallest absolute Gasteiger partial charge is 0.226 e. The van der Waals surface area contributed by atoms with Crippen LogP contribution in [-0.4, -0.2) is 39.2 Å². The van der Waals surface area contributed by atoms with Crippen molar-refractivity contribution in [3.05, 3.63) is 5.82 Å². The van der Waals surface area contributed by atoms with E-state index in [0.717, 1.165) is 12.8 Å². The number of aromatic amines is 1. The number of nitrogens with zero attached hydrogens (tertiary/aromatic N) is 3. The maximum Gasteiger partial charge on any atom is 0.226 e. The minimum absolute atomic E-state index is 0.00847. The van der Waals surface area contributed by atoms with Crippen molar-refractivity contribution in [2.75, 3.05) is 6.61 Å². The van der Waals surface area contributed by atoms with Crippen LogP contribution < -0.4 is 5.32 Å². The van der Waals surface area contributed by atoms with E-state index in [9.17, 15) is 4.79 Å². The van der Waals surface area contributed by atoms with Crippen LogP contribution in [0.2, 0.25) is 0 Å². The zero-order chi connectivity index (χ0) is 11.4. The number of nitrogens with one attached hydrogen (secondary N) is 2. The standard InChI is InChI=1S/C9H15N5O2/c1-2-7-6(3-4-16-7)9(15)10-5-8-11-13-14-12-8/h6-7H,2-5H2,1H3,(H,10,15)(H,11,12,13,14). The molecule has 16 heavy (non-hydrogen) atoms. The lowest BCUT2D eigenvalue weighted by Gasteiger charge is -2.15. The van der Waals surface area contributed by atoms with Crippen molar-refractivity contribution >= 4 is 5.91 Å². The molecule has 1 aromatic heterocycles. The van der Waals surface area contributed by atoms with Gasteiger partial charge in [-0.3, -0.25) is 4.79 Å². The molecule has 1 aliphatic rings. The van der Waals surface area contributed by atoms with E-state index in [1.807, 2.05) is 6.92 Å². The molecule has 0 aliphatic carbocycles. The molecule has 1 aromatic rings. The molecule has 2 N–H and O–H groups in total. The van der Waals surface area contributed by atoms with Gasteiger partial charge in [-0.25, -0.2) is 0 Å². The molecular weight excluding hydrogens is 210 g/mol. The van der Waals surface area contributed by atoms with E-state index >= 15 is 0 Å². The Labute approximate surface area is 92.9 Å². The molecule has 2 unspecified atom stereocenters. The molecule has 1 fully saturated rings. The molecule has 2 atom stereocenters. The fourth-order valence-corrected chi connectivity index (χ4v) is 1.91. The van der Waals surface area contributed by atoms with Crippen molar-refractivity contribution in [2.24, 2.45) is 5.92 Å². The van der Waals surface area contributed by atoms with Crippen LogP contribution in [0.3, 0.4) is 0 Å². The summed E-state index contributed by atoms with van der Waals surface area (Å²) in [6, 6.07) is 0. The van der Waals surface area contributed by atoms with Crippen LogP contribution in [0, 0.1) is 5.92 Å². The van der Waals surface area contributed by atoms with Gasteiger partial charge in [0.05, 0.1) is 18.6 Å². The second-order valence-corrected chi connectivity index (χ2v) is 3.76. The van der Waals surface area contributed by atoms with Crippen LogP contribution in [0.4, 0.5) is 0 Å². The number of carbonyl (C=O) groups is 1. The highest BCUT2D eigenvalue weighted by atomic mass is 16.5. The molecule has 1 amide bonds. The molecule has 88 valence electrons. The zero-order valence-corrected chi connectivity index (χ0v) is 9.14. The molecule has 1 saturated heterocycles. The lowest BCUT2D eigenvalue weighted by molar-refractivity contribution is -0.126. The molecule has 2 heterocycles. The van der Waals surface area contributed by atoms with Crippen LogP contribution >= 0.6 is 0 Å². The number of amides is 1. The van der Waals surface area contributed by atoms with Gasteiger partial charge in [0.15, 0.2) is 5.82 Å². The van der Waals surface area contributed by atoms with E-state index in [4.69, 9.17) is 4.74 Å². The fraction of sp³-hybridized carbons (Fsp3) is 0.778. The van der Waals surface area contributed by atoms with Crippen molar-refractivity contribution in [3.63, 3.8) is 0 Å². The van der Waals surface area contributed by atoms with Crippen molar-refractivity contribution < 1.29 is 9.53 Å². The zero-order valence-electron chi connectivity index (χ0n) is 9.14. The van der Waals surface area contributed by atoms with Gasteiger partial charge < -0.3 is 10.1 Å². The van der Waals surface area contributed by atoms with Gasteiger partial charge in [-0.05, 0) is 12.8 Å². The average molecular weight is 225 g/mol. The van der Waals surface area contributed by atoms with E-state index in [0.29, 0.717) is 19.0 Å². The molecule has 2 rings (SSSR count). The van der Waals surface area contributed by atoms with Gasteiger partial charge in [-0.15, -0.1) is 10.2 Å². The summed E-state index contributed by atoms with van der Waals surface area (Å²) >= 11 is 0. The second kappa shape index (κ2) is 5.02. The summed E-state index contributed by atoms with van der Waals surface area (Å²) in [5.41, 5.74) is 0. The Hall–Kier alpha value is -1.50. The van der Waals surface area contributed by atoms with Gasteiger partial charge in [-0.2, -0.15) is 5.21 Å². The predicted octanol–water partition coefficient (Wildman–Crippen LogP) is -0.369. The summed E-state index contributed by atoms with van der Waals surface area (Å²) in [6.07, 6.45) is 1.70. The first-order valence-corrected chi connectivity index (χ1v) is 5.43. The Bertz CT molecular complexity index is 340. The molecule has 0 saturated carbocycles. The van der Waals surface area contributed by atoms with E-state index in [1.165, 1.54) is 0 Å². The van der Waals surface area contributed by atoms with Crippen molar-refractivity contribution in [1.82, 2.24) is 25.9 Å². The number of tetrazole rings is 1. The highest BCUT2D eigenvalue weighted by Gasteiger charge is 2.32. The van der Waals surface area contributed by atoms with E-state index in [-0.39, 0.29) is 17.9 Å². The second-order valence-electron chi connectivity index (χ2n) is 3.76. The van der Waals surface area contributed by atoms with Crippen LogP contribution in [0.25, 0.3) is 0 Å². The Morgan fingerprint density at radius 3 is 3.25 bits per heavy atom. The SMILES string of the molecule is CCC1OCCC1C(=O)NCc1nn[nH]n1. The quantitative estimate of drug-likeness (QED) is 0.729. The third kappa shape index (κ3) is 2.35. The number of rotatable bonds is 4. The number of carbonyl (C=O) groups excluding carboxylic acids is 1. The fourth-order valence-electron chi connectivity index (χ4n) is 1.91. The Kier molecular flexibility index (Phi) is 3.45. The maximum atomic E-state index is 11.8. The third-order valence-corrected chi connectivity index (χ3v) is 2.76. The van der Waals surface area contributed by atoms with E-state index < -0.39 is 0 Å². The summed E-state index contributed by atoms with van der Waals surface area (Å²) in [5.74, 6) is 0.450. The average Bonchev–Trinajstić information content (AvgIpc) is 2.96. The van der Waals surface area contributed by atoms with E-state index in [2.05, 4.69) is 25.9 Å². The van der Waals surface area contributed by atoms with Gasteiger partial charge in [0.25, 0.3) is 0 Å². The van der Waals surface area contributed by atoms with E-state index in [1.54, 1.807) is 0 Å². The molecule has 0 aromatic carbocycles. The van der Waals surface area contributed by atoms with Crippen LogP contribution in [0.5, 0.6) is 0 Å². The summed E-state index contributed by atoms with van der Waals surface area (Å²) in [7, 11) is 0. The highest BCUT2D eigenvalue weighted by molar-refractivity contribution is 5.79. The van der Waals surface area contributed by atoms with Gasteiger partial charge in [-0.1, -0.05) is 12.1 Å². The number of hydrogen-bond acceptors (Lipinski definition) is 5. The third-order valence-electron chi connectivity index (χ3n) is 2.76. The normalized spacial score (nSPS) is 24.6. The minimum Gasteiger partial charge on any atom is -0.377 e. The lowest BCUT2D eigenvalue weighted by atomic mass is 9.99. The molecule has 7 heteroatoms. The molecule has 0 spiro atoms. The van der Waals surface area contributed by atoms with Gasteiger partial charge in [0, 0.05) is 6.61 Å². The number of hydrogen-bond donors (Lipinski definition) is 2. The maximum absolute atomic E-state index is 11.8. The molecule has 0 bridgehead atoms. The summed E-state index contributed by atoms with van der Waals surface area (Å²) in [6.45, 7) is 3.00. The summed E-state index contributed by atoms with van der Waals surface area (Å²) in [5, 5.41) is 16.1. The topological polar surface area (TPSA) is 92.8 Å². The first-order chi connectivity index (χ1) is 7.81. The number of aromatic nitrogens is 4. The summed E-state index contributed by atoms with van der Waals surface area (Å²) < 4.78 is 5.46. The monoisotopic (exact) mass is 225 g/mol. The highest BCUT2D eigenvalue weighted by Crippen LogP contribution is 2.23. The first kappa shape index (κ1) is 11.0. The largest absolute Gasteiger partial charge is 0.377 e. The summed E-state index contributed by atoms with van der Waals surface area (Å²) in [4.78, 5) is 11.8. The number of ether oxygens (including phenoxy) is 1. The van der Waals surface area contributed by atoms with Crippen LogP contribution in [-0.2, 0) is 16.1 Å². The van der Waals surface area contributed by atoms with Crippen molar-refractivity contribution in [3.8, 4) is 0 Å². The first-order valence-electron chi connectivity index (χ1n) is 5.43. The van der Waals surface area contributed by atoms with Gasteiger partial charge in [0.1, 0.15) is 0 Å². The molecule has 1 aliphatic heterocycles. The van der Waals surface area contributed by atoms with Gasteiger partial charge >= 0.3 is 0 Å². The Balaban J connectivity index is 1.83. The van der Waals surface area contributed by atoms with Crippen molar-refractivity contribution in [2.45, 2.75) is 32.4 Å². The van der Waals surface area contributed by atoms with Crippen LogP contribution in [0.1, 0.15) is 25.6 Å².